The van der Waals surface area contributed by atoms with Crippen molar-refractivity contribution in [3.63, 3.8) is 0 Å². The second-order valence-electron chi connectivity index (χ2n) is 5.07. The molecule has 2 aromatic carbocycles. The van der Waals surface area contributed by atoms with Gasteiger partial charge < -0.3 is 19.5 Å². The van der Waals surface area contributed by atoms with E-state index in [2.05, 4.69) is 5.32 Å². The van der Waals surface area contributed by atoms with Crippen molar-refractivity contribution in [3.8, 4) is 11.5 Å². The van der Waals surface area contributed by atoms with Crippen LogP contribution in [0.5, 0.6) is 11.5 Å². The third-order valence-electron chi connectivity index (χ3n) is 3.22. The van der Waals surface area contributed by atoms with Crippen LogP contribution < -0.4 is 14.8 Å². The molecule has 0 heterocycles. The largest absolute Gasteiger partial charge is 0.496 e. The number of halogens is 2. The van der Waals surface area contributed by atoms with Crippen LogP contribution >= 0.6 is 23.2 Å². The number of esters is 1. The van der Waals surface area contributed by atoms with E-state index in [0.717, 1.165) is 0 Å². The Labute approximate surface area is 160 Å². The molecule has 0 unspecified atom stereocenters. The van der Waals surface area contributed by atoms with Crippen LogP contribution in [-0.4, -0.2) is 38.7 Å². The van der Waals surface area contributed by atoms with Gasteiger partial charge in [0.1, 0.15) is 23.7 Å². The summed E-state index contributed by atoms with van der Waals surface area (Å²) in [4.78, 5) is 23.8. The third-order valence-corrected chi connectivity index (χ3v) is 3.71. The minimum absolute atomic E-state index is 0.152. The average Bonchev–Trinajstić information content (AvgIpc) is 2.64. The normalized spacial score (nSPS) is 10.1. The van der Waals surface area contributed by atoms with Crippen LogP contribution in [0.4, 0.5) is 0 Å². The molecule has 2 aromatic rings. The van der Waals surface area contributed by atoms with Crippen LogP contribution in [-0.2, 0) is 9.53 Å². The summed E-state index contributed by atoms with van der Waals surface area (Å²) in [7, 11) is 1.42. The summed E-state index contributed by atoms with van der Waals surface area (Å²) in [5.41, 5.74) is 0.152. The van der Waals surface area contributed by atoms with E-state index in [-0.39, 0.29) is 18.7 Å². The van der Waals surface area contributed by atoms with E-state index in [1.165, 1.54) is 13.2 Å². The first-order valence-corrected chi connectivity index (χ1v) is 8.41. The smallest absolute Gasteiger partial charge is 0.342 e. The van der Waals surface area contributed by atoms with Gasteiger partial charge >= 0.3 is 5.97 Å². The van der Waals surface area contributed by atoms with Crippen LogP contribution in [0.3, 0.4) is 0 Å². The van der Waals surface area contributed by atoms with E-state index in [0.29, 0.717) is 21.5 Å². The molecule has 0 atom stereocenters. The Kier molecular flexibility index (Phi) is 7.56. The predicted octanol–water partition coefficient (Wildman–Crippen LogP) is 3.35. The Balaban J connectivity index is 1.72. The van der Waals surface area contributed by atoms with Crippen molar-refractivity contribution < 1.29 is 23.8 Å². The van der Waals surface area contributed by atoms with Crippen LogP contribution in [0, 0.1) is 0 Å². The Hall–Kier alpha value is -2.44. The molecular weight excluding hydrogens is 381 g/mol. The second kappa shape index (κ2) is 9.89. The van der Waals surface area contributed by atoms with Crippen LogP contribution in [0.25, 0.3) is 0 Å². The number of ether oxygens (including phenoxy) is 3. The molecule has 0 aliphatic heterocycles. The number of benzene rings is 2. The highest BCUT2D eigenvalue weighted by atomic mass is 35.5. The van der Waals surface area contributed by atoms with E-state index in [1.54, 1.807) is 36.4 Å². The summed E-state index contributed by atoms with van der Waals surface area (Å²) in [6.07, 6.45) is 0. The standard InChI is InChI=1S/C18H17Cl2NO5/c1-24-16-7-4-13(20)10-15(16)18(23)26-11-17(22)21-8-9-25-14-5-2-12(19)3-6-14/h2-7,10H,8-9,11H2,1H3,(H,21,22). The molecule has 0 bridgehead atoms. The van der Waals surface area contributed by atoms with Gasteiger partial charge in [0, 0.05) is 10.0 Å². The first kappa shape index (κ1) is 19.9. The van der Waals surface area contributed by atoms with E-state index < -0.39 is 18.5 Å². The highest BCUT2D eigenvalue weighted by molar-refractivity contribution is 6.31. The molecule has 6 nitrogen and oxygen atoms in total. The zero-order valence-electron chi connectivity index (χ0n) is 14.0. The van der Waals surface area contributed by atoms with Gasteiger partial charge in [-0.15, -0.1) is 0 Å². The monoisotopic (exact) mass is 397 g/mol. The molecule has 0 aliphatic carbocycles. The molecule has 0 radical (unpaired) electrons. The lowest BCUT2D eigenvalue weighted by Crippen LogP contribution is -2.32. The van der Waals surface area contributed by atoms with Gasteiger partial charge in [-0.2, -0.15) is 0 Å². The number of methoxy groups -OCH3 is 1. The van der Waals surface area contributed by atoms with Crippen molar-refractivity contribution in [2.45, 2.75) is 0 Å². The van der Waals surface area contributed by atoms with Gasteiger partial charge in [-0.25, -0.2) is 4.79 Å². The van der Waals surface area contributed by atoms with Crippen molar-refractivity contribution in [3.05, 3.63) is 58.1 Å². The molecule has 1 amide bonds. The molecular formula is C18H17Cl2NO5. The third kappa shape index (κ3) is 6.13. The van der Waals surface area contributed by atoms with Gasteiger partial charge in [0.25, 0.3) is 5.91 Å². The molecule has 0 saturated heterocycles. The van der Waals surface area contributed by atoms with Gasteiger partial charge in [0.05, 0.1) is 13.7 Å². The average molecular weight is 398 g/mol. The number of nitrogens with one attached hydrogen (secondary N) is 1. The minimum Gasteiger partial charge on any atom is -0.496 e. The maximum atomic E-state index is 12.0. The van der Waals surface area contributed by atoms with Crippen LogP contribution in [0.2, 0.25) is 10.0 Å². The van der Waals surface area contributed by atoms with E-state index in [9.17, 15) is 9.59 Å². The van der Waals surface area contributed by atoms with E-state index in [1.807, 2.05) is 0 Å². The fraction of sp³-hybridized carbons (Fsp3) is 0.222. The maximum Gasteiger partial charge on any atom is 0.342 e. The molecule has 0 saturated carbocycles. The highest BCUT2D eigenvalue weighted by Crippen LogP contribution is 2.23. The summed E-state index contributed by atoms with van der Waals surface area (Å²) < 4.78 is 15.5. The topological polar surface area (TPSA) is 73.9 Å². The zero-order valence-corrected chi connectivity index (χ0v) is 15.5. The van der Waals surface area contributed by atoms with Crippen molar-refractivity contribution >= 4 is 35.1 Å². The fourth-order valence-corrected chi connectivity index (χ4v) is 2.29. The molecule has 0 aromatic heterocycles. The van der Waals surface area contributed by atoms with E-state index >= 15 is 0 Å². The van der Waals surface area contributed by atoms with Gasteiger partial charge in [0.15, 0.2) is 6.61 Å². The number of rotatable bonds is 8. The lowest BCUT2D eigenvalue weighted by Gasteiger charge is -2.10. The summed E-state index contributed by atoms with van der Waals surface area (Å²) in [6, 6.07) is 11.4. The highest BCUT2D eigenvalue weighted by Gasteiger charge is 2.15. The number of hydrogen-bond donors (Lipinski definition) is 1. The van der Waals surface area contributed by atoms with Gasteiger partial charge in [-0.05, 0) is 42.5 Å². The SMILES string of the molecule is COc1ccc(Cl)cc1C(=O)OCC(=O)NCCOc1ccc(Cl)cc1. The Morgan fingerprint density at radius 2 is 1.73 bits per heavy atom. The number of hydrogen-bond acceptors (Lipinski definition) is 5. The first-order chi connectivity index (χ1) is 12.5. The lowest BCUT2D eigenvalue weighted by molar-refractivity contribution is -0.124. The fourth-order valence-electron chi connectivity index (χ4n) is 1.99. The van der Waals surface area contributed by atoms with Crippen molar-refractivity contribution in [1.29, 1.82) is 0 Å². The maximum absolute atomic E-state index is 12.0. The molecule has 8 heteroatoms. The summed E-state index contributed by atoms with van der Waals surface area (Å²) in [5, 5.41) is 3.56. The molecule has 26 heavy (non-hydrogen) atoms. The Bertz CT molecular complexity index is 765. The number of amides is 1. The Morgan fingerprint density at radius 3 is 2.42 bits per heavy atom. The minimum atomic E-state index is -0.697. The summed E-state index contributed by atoms with van der Waals surface area (Å²) in [6.45, 7) is 0.110. The van der Waals surface area contributed by atoms with Gasteiger partial charge in [0.2, 0.25) is 0 Å². The van der Waals surface area contributed by atoms with Crippen molar-refractivity contribution in [1.82, 2.24) is 5.32 Å². The molecule has 138 valence electrons. The number of carbonyl (C=O) groups is 2. The van der Waals surface area contributed by atoms with Crippen molar-refractivity contribution in [2.24, 2.45) is 0 Å². The molecule has 1 N–H and O–H groups in total. The van der Waals surface area contributed by atoms with Crippen LogP contribution in [0.15, 0.2) is 42.5 Å². The quantitative estimate of drug-likeness (QED) is 0.545. The summed E-state index contributed by atoms with van der Waals surface area (Å²) in [5.74, 6) is -0.185. The first-order valence-electron chi connectivity index (χ1n) is 7.65. The molecule has 2 rings (SSSR count). The molecule has 0 spiro atoms. The molecule has 0 fully saturated rings. The van der Waals surface area contributed by atoms with Gasteiger partial charge in [-0.3, -0.25) is 4.79 Å². The lowest BCUT2D eigenvalue weighted by atomic mass is 10.2. The van der Waals surface area contributed by atoms with Gasteiger partial charge in [-0.1, -0.05) is 23.2 Å². The zero-order chi connectivity index (χ0) is 18.9. The van der Waals surface area contributed by atoms with Crippen molar-refractivity contribution in [2.75, 3.05) is 26.9 Å². The van der Waals surface area contributed by atoms with E-state index in [4.69, 9.17) is 37.4 Å². The molecule has 0 aliphatic rings. The van der Waals surface area contributed by atoms with Crippen LogP contribution in [0.1, 0.15) is 10.4 Å². The predicted molar refractivity (Wildman–Crippen MR) is 98.2 cm³/mol. The summed E-state index contributed by atoms with van der Waals surface area (Å²) >= 11 is 11.6. The Morgan fingerprint density at radius 1 is 1.04 bits per heavy atom. The second-order valence-corrected chi connectivity index (χ2v) is 5.95. The number of carbonyl (C=O) groups excluding carboxylic acids is 2.